The summed E-state index contributed by atoms with van der Waals surface area (Å²) in [5, 5.41) is 8.72. The fraction of sp³-hybridized carbons (Fsp3) is 0.700. The fourth-order valence-corrected chi connectivity index (χ4v) is 2.37. The minimum atomic E-state index is 0.574. The summed E-state index contributed by atoms with van der Waals surface area (Å²) in [6.45, 7) is 4.11. The lowest BCUT2D eigenvalue weighted by molar-refractivity contribution is 0.736. The van der Waals surface area contributed by atoms with Gasteiger partial charge in [-0.15, -0.1) is 0 Å². The molecule has 1 nitrogen and oxygen atoms in total. The van der Waals surface area contributed by atoms with Gasteiger partial charge < -0.3 is 0 Å². The average Bonchev–Trinajstić information content (AvgIpc) is 2.56. The summed E-state index contributed by atoms with van der Waals surface area (Å²) in [4.78, 5) is 1.26. The maximum absolute atomic E-state index is 7.84. The van der Waals surface area contributed by atoms with Gasteiger partial charge in [-0.2, -0.15) is 0 Å². The summed E-state index contributed by atoms with van der Waals surface area (Å²) in [5.41, 5.74) is 0. The van der Waals surface area contributed by atoms with E-state index >= 15 is 0 Å². The van der Waals surface area contributed by atoms with E-state index in [-0.39, 0.29) is 0 Å². The zero-order chi connectivity index (χ0) is 8.97. The Morgan fingerprint density at radius 2 is 2.00 bits per heavy atom. The molecule has 2 heteroatoms. The van der Waals surface area contributed by atoms with Gasteiger partial charge >= 0.3 is 0 Å². The molecule has 1 fully saturated rings. The molecule has 0 aromatic rings. The number of thioether (sulfide) groups is 1. The predicted octanol–water partition coefficient (Wildman–Crippen LogP) is 3.81. The van der Waals surface area contributed by atoms with Crippen molar-refractivity contribution in [3.63, 3.8) is 0 Å². The van der Waals surface area contributed by atoms with Crippen molar-refractivity contribution in [1.29, 1.82) is 5.41 Å². The molecule has 68 valence electrons. The summed E-state index contributed by atoms with van der Waals surface area (Å²) < 4.78 is 0. The van der Waals surface area contributed by atoms with Gasteiger partial charge in [0.15, 0.2) is 0 Å². The van der Waals surface area contributed by atoms with Crippen LogP contribution < -0.4 is 0 Å². The van der Waals surface area contributed by atoms with Crippen molar-refractivity contribution in [1.82, 2.24) is 0 Å². The van der Waals surface area contributed by atoms with Crippen LogP contribution in [0.5, 0.6) is 0 Å². The van der Waals surface area contributed by atoms with Crippen molar-refractivity contribution in [2.24, 2.45) is 5.92 Å². The third-order valence-electron chi connectivity index (χ3n) is 2.40. The Labute approximate surface area is 79.1 Å². The molecule has 0 unspecified atom stereocenters. The van der Waals surface area contributed by atoms with Crippen LogP contribution in [0.4, 0.5) is 0 Å². The Morgan fingerprint density at radius 1 is 1.42 bits per heavy atom. The first-order valence-corrected chi connectivity index (χ1v) is 5.45. The summed E-state index contributed by atoms with van der Waals surface area (Å²) in [6, 6.07) is 0. The van der Waals surface area contributed by atoms with Gasteiger partial charge in [0.05, 0.1) is 5.04 Å². The van der Waals surface area contributed by atoms with Crippen molar-refractivity contribution in [2.45, 2.75) is 39.5 Å². The molecular formula is C10H17NS. The highest BCUT2D eigenvalue weighted by Crippen LogP contribution is 2.31. The second-order valence-corrected chi connectivity index (χ2v) is 4.63. The highest BCUT2D eigenvalue weighted by Gasteiger charge is 2.19. The Hall–Kier alpha value is -0.240. The predicted molar refractivity (Wildman–Crippen MR) is 56.7 cm³/mol. The van der Waals surface area contributed by atoms with Crippen LogP contribution in [-0.4, -0.2) is 5.04 Å². The summed E-state index contributed by atoms with van der Waals surface area (Å²) in [5.74, 6) is 0.574. The van der Waals surface area contributed by atoms with E-state index in [0.717, 1.165) is 5.04 Å². The van der Waals surface area contributed by atoms with Gasteiger partial charge in [-0.25, -0.2) is 0 Å². The second-order valence-electron chi connectivity index (χ2n) is 3.35. The molecule has 12 heavy (non-hydrogen) atoms. The van der Waals surface area contributed by atoms with Crippen molar-refractivity contribution in [3.8, 4) is 0 Å². The summed E-state index contributed by atoms with van der Waals surface area (Å²) >= 11 is 1.64. The normalized spacial score (nSPS) is 20.0. The van der Waals surface area contributed by atoms with Crippen molar-refractivity contribution >= 4 is 16.8 Å². The van der Waals surface area contributed by atoms with E-state index in [2.05, 4.69) is 13.0 Å². The van der Waals surface area contributed by atoms with Gasteiger partial charge in [0, 0.05) is 5.92 Å². The maximum atomic E-state index is 7.84. The lowest BCUT2D eigenvalue weighted by Gasteiger charge is -2.09. The first-order chi connectivity index (χ1) is 5.74. The second kappa shape index (κ2) is 4.70. The van der Waals surface area contributed by atoms with E-state index in [1.54, 1.807) is 11.8 Å². The zero-order valence-electron chi connectivity index (χ0n) is 7.89. The van der Waals surface area contributed by atoms with Gasteiger partial charge in [0.1, 0.15) is 0 Å². The maximum Gasteiger partial charge on any atom is 0.0716 e. The molecule has 1 rings (SSSR count). The first-order valence-electron chi connectivity index (χ1n) is 4.63. The quantitative estimate of drug-likeness (QED) is 0.511. The molecule has 0 atom stereocenters. The number of nitrogens with one attached hydrogen (secondary N) is 1. The molecule has 0 heterocycles. The van der Waals surface area contributed by atoms with Crippen LogP contribution in [0.2, 0.25) is 0 Å². The zero-order valence-corrected chi connectivity index (χ0v) is 8.71. The third-order valence-corrected chi connectivity index (χ3v) is 3.51. The monoisotopic (exact) mass is 183 g/mol. The lowest BCUT2D eigenvalue weighted by Crippen LogP contribution is -2.04. The van der Waals surface area contributed by atoms with Crippen molar-refractivity contribution < 1.29 is 0 Å². The van der Waals surface area contributed by atoms with Crippen molar-refractivity contribution in [2.75, 3.05) is 0 Å². The van der Waals surface area contributed by atoms with Gasteiger partial charge in [0.25, 0.3) is 0 Å². The molecule has 1 N–H and O–H groups in total. The van der Waals surface area contributed by atoms with Gasteiger partial charge in [0.2, 0.25) is 0 Å². The Morgan fingerprint density at radius 3 is 2.50 bits per heavy atom. The minimum absolute atomic E-state index is 0.574. The molecule has 0 spiro atoms. The topological polar surface area (TPSA) is 23.9 Å². The molecule has 1 aliphatic carbocycles. The van der Waals surface area contributed by atoms with Crippen LogP contribution >= 0.6 is 11.8 Å². The van der Waals surface area contributed by atoms with Crippen LogP contribution in [0.15, 0.2) is 11.0 Å². The van der Waals surface area contributed by atoms with E-state index in [0.29, 0.717) is 5.92 Å². The van der Waals surface area contributed by atoms with Crippen LogP contribution in [0.3, 0.4) is 0 Å². The van der Waals surface area contributed by atoms with Gasteiger partial charge in [-0.1, -0.05) is 30.7 Å². The van der Waals surface area contributed by atoms with Crippen LogP contribution in [0, 0.1) is 11.3 Å². The molecule has 0 aromatic heterocycles. The summed E-state index contributed by atoms with van der Waals surface area (Å²) in [6.07, 6.45) is 7.20. The molecule has 0 aliphatic heterocycles. The number of hydrogen-bond donors (Lipinski definition) is 1. The molecule has 0 amide bonds. The Bertz CT molecular complexity index is 190. The van der Waals surface area contributed by atoms with Crippen LogP contribution in [-0.2, 0) is 0 Å². The van der Waals surface area contributed by atoms with Crippen molar-refractivity contribution in [3.05, 3.63) is 11.0 Å². The average molecular weight is 183 g/mol. The minimum Gasteiger partial charge on any atom is -0.298 e. The number of rotatable bonds is 2. The fourth-order valence-electron chi connectivity index (χ4n) is 1.50. The van der Waals surface area contributed by atoms with E-state index in [9.17, 15) is 0 Å². The number of allylic oxidation sites excluding steroid dienone is 2. The molecule has 0 saturated heterocycles. The molecular weight excluding hydrogens is 166 g/mol. The molecule has 1 aliphatic rings. The molecule has 1 saturated carbocycles. The largest absolute Gasteiger partial charge is 0.298 e. The number of hydrogen-bond acceptors (Lipinski definition) is 2. The molecule has 0 bridgehead atoms. The third kappa shape index (κ3) is 2.67. The van der Waals surface area contributed by atoms with Gasteiger partial charge in [-0.3, -0.25) is 5.41 Å². The lowest BCUT2D eigenvalue weighted by atomic mass is 10.1. The molecule has 0 aromatic carbocycles. The van der Waals surface area contributed by atoms with E-state index < -0.39 is 0 Å². The van der Waals surface area contributed by atoms with Crippen LogP contribution in [0.25, 0.3) is 0 Å². The van der Waals surface area contributed by atoms with E-state index in [1.165, 1.54) is 30.6 Å². The molecule has 0 radical (unpaired) electrons. The Kier molecular flexibility index (Phi) is 3.86. The first kappa shape index (κ1) is 9.85. The standard InChI is InChI=1S/C10H17NS/c1-3-8(2)12-10(11)9-6-4-5-7-9/h3,9,11H,4-7H2,1-2H3/b8-3-,11-10?. The van der Waals surface area contributed by atoms with E-state index in [1.807, 2.05) is 6.92 Å². The van der Waals surface area contributed by atoms with E-state index in [4.69, 9.17) is 5.41 Å². The highest BCUT2D eigenvalue weighted by molar-refractivity contribution is 8.17. The van der Waals surface area contributed by atoms with Crippen LogP contribution in [0.1, 0.15) is 39.5 Å². The smallest absolute Gasteiger partial charge is 0.0716 e. The SMILES string of the molecule is C/C=C(/C)SC(=N)C1CCCC1. The highest BCUT2D eigenvalue weighted by atomic mass is 32.2. The van der Waals surface area contributed by atoms with Gasteiger partial charge in [-0.05, 0) is 31.6 Å². The Balaban J connectivity index is 2.37. The summed E-state index contributed by atoms with van der Waals surface area (Å²) in [7, 11) is 0.